The summed E-state index contributed by atoms with van der Waals surface area (Å²) < 4.78 is 11.2. The molecule has 2 aliphatic heterocycles. The molecule has 0 radical (unpaired) electrons. The zero-order valence-electron chi connectivity index (χ0n) is 20.6. The van der Waals surface area contributed by atoms with Crippen LogP contribution in [0.5, 0.6) is 5.75 Å². The fraction of sp³-hybridized carbons (Fsp3) is 0.654. The average Bonchev–Trinajstić information content (AvgIpc) is 3.60. The Kier molecular flexibility index (Phi) is 7.45. The van der Waals surface area contributed by atoms with Gasteiger partial charge in [-0.25, -0.2) is 4.79 Å². The van der Waals surface area contributed by atoms with Crippen LogP contribution < -0.4 is 4.74 Å². The number of benzene rings is 1. The zero-order chi connectivity index (χ0) is 24.3. The Balaban J connectivity index is 1.09. The lowest BCUT2D eigenvalue weighted by Crippen LogP contribution is -2.59. The summed E-state index contributed by atoms with van der Waals surface area (Å²) in [5.74, 6) is 1.32. The third kappa shape index (κ3) is 6.50. The van der Waals surface area contributed by atoms with Crippen LogP contribution in [-0.4, -0.2) is 90.5 Å². The molecule has 0 unspecified atom stereocenters. The predicted molar refractivity (Wildman–Crippen MR) is 128 cm³/mol. The maximum absolute atomic E-state index is 12.8. The van der Waals surface area contributed by atoms with Gasteiger partial charge in [-0.05, 0) is 64.3 Å². The molecule has 3 aliphatic rings. The summed E-state index contributed by atoms with van der Waals surface area (Å²) in [6, 6.07) is 7.48. The summed E-state index contributed by atoms with van der Waals surface area (Å²) in [5, 5.41) is 0. The zero-order valence-corrected chi connectivity index (χ0v) is 20.6. The molecule has 1 saturated carbocycles. The van der Waals surface area contributed by atoms with Gasteiger partial charge in [0.1, 0.15) is 11.4 Å². The summed E-state index contributed by atoms with van der Waals surface area (Å²) in [4.78, 5) is 42.8. The van der Waals surface area contributed by atoms with E-state index < -0.39 is 5.60 Å². The monoisotopic (exact) mass is 471 g/mol. The second-order valence-corrected chi connectivity index (χ2v) is 10.6. The number of piperazine rings is 1. The number of amides is 2. The second-order valence-electron chi connectivity index (χ2n) is 10.6. The number of hydrogen-bond acceptors (Lipinski definition) is 6. The number of ketones is 1. The number of likely N-dealkylation sites (tertiary alicyclic amines) is 1. The van der Waals surface area contributed by atoms with E-state index in [0.29, 0.717) is 19.7 Å². The first-order chi connectivity index (χ1) is 16.2. The third-order valence-electron chi connectivity index (χ3n) is 6.54. The van der Waals surface area contributed by atoms with E-state index in [0.717, 1.165) is 63.3 Å². The van der Waals surface area contributed by atoms with Crippen LogP contribution in [0.1, 0.15) is 50.4 Å². The van der Waals surface area contributed by atoms with Gasteiger partial charge in [-0.2, -0.15) is 0 Å². The molecule has 0 bridgehead atoms. The van der Waals surface area contributed by atoms with Crippen LogP contribution in [0.4, 0.5) is 4.79 Å². The number of hydrogen-bond donors (Lipinski definition) is 0. The standard InChI is InChI=1S/C26H37N3O5/c1-26(2,3)34-25(32)29-17-21(18-29)24(31)28-14-12-27(13-15-28)11-4-16-33-22-9-7-20(8-10-22)23(30)19-5-6-19/h7-10,19,21H,4-6,11-18H2,1-3H3. The van der Waals surface area contributed by atoms with E-state index in [-0.39, 0.29) is 29.6 Å². The molecule has 0 N–H and O–H groups in total. The SMILES string of the molecule is CC(C)(C)OC(=O)N1CC(C(=O)N2CCN(CCCOc3ccc(C(=O)C4CC4)cc3)CC2)C1. The van der Waals surface area contributed by atoms with Crippen molar-refractivity contribution in [1.29, 1.82) is 0 Å². The topological polar surface area (TPSA) is 79.4 Å². The fourth-order valence-electron chi connectivity index (χ4n) is 4.34. The molecule has 4 rings (SSSR count). The Labute approximate surface area is 202 Å². The normalized spacial score (nSPS) is 19.5. The first kappa shape index (κ1) is 24.5. The Bertz CT molecular complexity index is 877. The minimum atomic E-state index is -0.520. The van der Waals surface area contributed by atoms with Crippen molar-refractivity contribution < 1.29 is 23.9 Å². The van der Waals surface area contributed by atoms with Crippen molar-refractivity contribution in [2.24, 2.45) is 11.8 Å². The minimum Gasteiger partial charge on any atom is -0.494 e. The van der Waals surface area contributed by atoms with Gasteiger partial charge >= 0.3 is 6.09 Å². The molecule has 34 heavy (non-hydrogen) atoms. The van der Waals surface area contributed by atoms with Crippen LogP contribution in [0, 0.1) is 11.8 Å². The van der Waals surface area contributed by atoms with E-state index in [2.05, 4.69) is 4.90 Å². The van der Waals surface area contributed by atoms with Crippen LogP contribution in [0.25, 0.3) is 0 Å². The van der Waals surface area contributed by atoms with Crippen molar-refractivity contribution in [2.75, 3.05) is 52.4 Å². The molecule has 2 heterocycles. The van der Waals surface area contributed by atoms with Gasteiger partial charge in [-0.3, -0.25) is 14.5 Å². The maximum atomic E-state index is 12.8. The lowest BCUT2D eigenvalue weighted by Gasteiger charge is -2.42. The Morgan fingerprint density at radius 2 is 1.56 bits per heavy atom. The number of rotatable bonds is 8. The highest BCUT2D eigenvalue weighted by Crippen LogP contribution is 2.33. The largest absolute Gasteiger partial charge is 0.494 e. The maximum Gasteiger partial charge on any atom is 0.410 e. The lowest BCUT2D eigenvalue weighted by molar-refractivity contribution is -0.142. The van der Waals surface area contributed by atoms with Crippen molar-refractivity contribution in [3.63, 3.8) is 0 Å². The van der Waals surface area contributed by atoms with Gasteiger partial charge in [-0.1, -0.05) is 0 Å². The smallest absolute Gasteiger partial charge is 0.410 e. The Hall–Kier alpha value is -2.61. The van der Waals surface area contributed by atoms with Gasteiger partial charge in [0.2, 0.25) is 5.91 Å². The van der Waals surface area contributed by atoms with Crippen LogP contribution in [0.15, 0.2) is 24.3 Å². The Morgan fingerprint density at radius 1 is 0.912 bits per heavy atom. The number of carbonyl (C=O) groups excluding carboxylic acids is 3. The van der Waals surface area contributed by atoms with Gasteiger partial charge in [0.25, 0.3) is 0 Å². The third-order valence-corrected chi connectivity index (χ3v) is 6.54. The number of Topliss-reactive ketones (excluding diaryl/α,β-unsaturated/α-hetero) is 1. The highest BCUT2D eigenvalue weighted by atomic mass is 16.6. The highest BCUT2D eigenvalue weighted by Gasteiger charge is 2.40. The van der Waals surface area contributed by atoms with Crippen molar-refractivity contribution in [3.8, 4) is 5.75 Å². The van der Waals surface area contributed by atoms with Crippen LogP contribution >= 0.6 is 0 Å². The van der Waals surface area contributed by atoms with E-state index in [9.17, 15) is 14.4 Å². The number of ether oxygens (including phenoxy) is 2. The molecule has 2 amide bonds. The van der Waals surface area contributed by atoms with Crippen molar-refractivity contribution in [1.82, 2.24) is 14.7 Å². The number of nitrogens with zero attached hydrogens (tertiary/aromatic N) is 3. The molecule has 1 aliphatic carbocycles. The molecule has 3 fully saturated rings. The Morgan fingerprint density at radius 3 is 2.15 bits per heavy atom. The molecule has 1 aromatic carbocycles. The summed E-state index contributed by atoms with van der Waals surface area (Å²) in [5.41, 5.74) is 0.260. The molecule has 0 aromatic heterocycles. The molecule has 0 spiro atoms. The first-order valence-electron chi connectivity index (χ1n) is 12.5. The summed E-state index contributed by atoms with van der Waals surface area (Å²) in [7, 11) is 0. The molecular formula is C26H37N3O5. The molecule has 186 valence electrons. The van der Waals surface area contributed by atoms with E-state index in [1.54, 1.807) is 4.90 Å². The summed E-state index contributed by atoms with van der Waals surface area (Å²) >= 11 is 0. The van der Waals surface area contributed by atoms with E-state index in [1.807, 2.05) is 49.9 Å². The second kappa shape index (κ2) is 10.3. The highest BCUT2D eigenvalue weighted by molar-refractivity contribution is 5.99. The molecular weight excluding hydrogens is 434 g/mol. The van der Waals surface area contributed by atoms with Crippen LogP contribution in [0.3, 0.4) is 0 Å². The molecule has 0 atom stereocenters. The van der Waals surface area contributed by atoms with Gasteiger partial charge in [0.15, 0.2) is 5.78 Å². The van der Waals surface area contributed by atoms with Crippen LogP contribution in [0.2, 0.25) is 0 Å². The molecule has 8 heteroatoms. The summed E-state index contributed by atoms with van der Waals surface area (Å²) in [6.07, 6.45) is 2.61. The molecule has 8 nitrogen and oxygen atoms in total. The van der Waals surface area contributed by atoms with Crippen molar-refractivity contribution >= 4 is 17.8 Å². The predicted octanol–water partition coefficient (Wildman–Crippen LogP) is 3.06. The quantitative estimate of drug-likeness (QED) is 0.428. The first-order valence-corrected chi connectivity index (χ1v) is 12.5. The van der Waals surface area contributed by atoms with Gasteiger partial charge in [0.05, 0.1) is 12.5 Å². The summed E-state index contributed by atoms with van der Waals surface area (Å²) in [6.45, 7) is 11.1. The molecule has 2 saturated heterocycles. The van der Waals surface area contributed by atoms with Gasteiger partial charge < -0.3 is 19.3 Å². The van der Waals surface area contributed by atoms with Crippen LogP contribution in [-0.2, 0) is 9.53 Å². The van der Waals surface area contributed by atoms with E-state index in [1.165, 1.54) is 0 Å². The fourth-order valence-corrected chi connectivity index (χ4v) is 4.34. The average molecular weight is 472 g/mol. The van der Waals surface area contributed by atoms with Gasteiger partial charge in [-0.15, -0.1) is 0 Å². The molecule has 1 aromatic rings. The van der Waals surface area contributed by atoms with Crippen molar-refractivity contribution in [2.45, 2.75) is 45.6 Å². The van der Waals surface area contributed by atoms with Gasteiger partial charge in [0, 0.05) is 57.3 Å². The van der Waals surface area contributed by atoms with Crippen molar-refractivity contribution in [3.05, 3.63) is 29.8 Å². The van der Waals surface area contributed by atoms with E-state index in [4.69, 9.17) is 9.47 Å². The lowest BCUT2D eigenvalue weighted by atomic mass is 9.98. The van der Waals surface area contributed by atoms with E-state index >= 15 is 0 Å². The minimum absolute atomic E-state index is 0.113. The number of carbonyl (C=O) groups is 3.